The highest BCUT2D eigenvalue weighted by Crippen LogP contribution is 2.33. The molecule has 0 heterocycles. The van der Waals surface area contributed by atoms with Gasteiger partial charge in [0.15, 0.2) is 0 Å². The maximum atomic E-state index is 12.6. The summed E-state index contributed by atoms with van der Waals surface area (Å²) in [7, 11) is 0. The third-order valence-electron chi connectivity index (χ3n) is 4.50. The quantitative estimate of drug-likeness (QED) is 0.687. The van der Waals surface area contributed by atoms with Crippen molar-refractivity contribution in [2.75, 3.05) is 5.32 Å². The number of nitrogens with one attached hydrogen (secondary N) is 1. The number of carbonyl (C=O) groups is 1. The van der Waals surface area contributed by atoms with Gasteiger partial charge in [-0.05, 0) is 34.4 Å². The van der Waals surface area contributed by atoms with E-state index in [1.54, 1.807) is 0 Å². The Labute approximate surface area is 146 Å². The van der Waals surface area contributed by atoms with Gasteiger partial charge >= 0.3 is 0 Å². The number of hydrogen-bond acceptors (Lipinski definition) is 1. The Kier molecular flexibility index (Phi) is 6.19. The lowest BCUT2D eigenvalue weighted by Gasteiger charge is -2.21. The summed E-state index contributed by atoms with van der Waals surface area (Å²) in [6, 6.07) is 16.5. The van der Waals surface area contributed by atoms with Crippen molar-refractivity contribution in [3.05, 3.63) is 65.2 Å². The number of para-hydroxylation sites is 1. The molecule has 1 atom stereocenters. The molecular formula is C22H29NO. The van der Waals surface area contributed by atoms with Gasteiger partial charge in [0.1, 0.15) is 0 Å². The van der Waals surface area contributed by atoms with Crippen LogP contribution < -0.4 is 5.32 Å². The smallest absolute Gasteiger partial charge is 0.224 e. The summed E-state index contributed by atoms with van der Waals surface area (Å²) in [6.45, 7) is 10.8. The molecule has 0 saturated heterocycles. The average molecular weight is 323 g/mol. The van der Waals surface area contributed by atoms with Crippen molar-refractivity contribution < 1.29 is 4.79 Å². The van der Waals surface area contributed by atoms with E-state index < -0.39 is 0 Å². The lowest BCUT2D eigenvalue weighted by atomic mass is 9.92. The highest BCUT2D eigenvalue weighted by molar-refractivity contribution is 5.93. The van der Waals surface area contributed by atoms with Crippen molar-refractivity contribution in [3.8, 4) is 0 Å². The van der Waals surface area contributed by atoms with E-state index in [9.17, 15) is 4.79 Å². The van der Waals surface area contributed by atoms with Crippen LogP contribution in [0.3, 0.4) is 0 Å². The minimum Gasteiger partial charge on any atom is -0.326 e. The van der Waals surface area contributed by atoms with Crippen LogP contribution in [0.5, 0.6) is 0 Å². The second-order valence-electron chi connectivity index (χ2n) is 7.18. The average Bonchev–Trinajstić information content (AvgIpc) is 2.55. The van der Waals surface area contributed by atoms with Gasteiger partial charge in [-0.2, -0.15) is 0 Å². The second-order valence-corrected chi connectivity index (χ2v) is 7.18. The number of hydrogen-bond donors (Lipinski definition) is 1. The summed E-state index contributed by atoms with van der Waals surface area (Å²) >= 11 is 0. The van der Waals surface area contributed by atoms with E-state index in [2.05, 4.69) is 70.3 Å². The first-order valence-electron chi connectivity index (χ1n) is 8.87. The predicted molar refractivity (Wildman–Crippen MR) is 103 cm³/mol. The van der Waals surface area contributed by atoms with Gasteiger partial charge in [0.2, 0.25) is 5.91 Å². The molecule has 1 amide bonds. The third kappa shape index (κ3) is 4.47. The lowest BCUT2D eigenvalue weighted by Crippen LogP contribution is -2.17. The van der Waals surface area contributed by atoms with Crippen molar-refractivity contribution in [2.24, 2.45) is 0 Å². The van der Waals surface area contributed by atoms with E-state index in [4.69, 9.17) is 0 Å². The van der Waals surface area contributed by atoms with Gasteiger partial charge in [0, 0.05) is 12.1 Å². The first-order valence-corrected chi connectivity index (χ1v) is 8.87. The summed E-state index contributed by atoms with van der Waals surface area (Å²) in [5, 5.41) is 3.20. The predicted octanol–water partition coefficient (Wildman–Crippen LogP) is 6.07. The van der Waals surface area contributed by atoms with Gasteiger partial charge in [0.05, 0.1) is 0 Å². The van der Waals surface area contributed by atoms with E-state index in [-0.39, 0.29) is 11.8 Å². The van der Waals surface area contributed by atoms with E-state index in [1.807, 2.05) is 18.2 Å². The van der Waals surface area contributed by atoms with E-state index in [1.165, 1.54) is 16.7 Å². The van der Waals surface area contributed by atoms with Crippen LogP contribution in [0.15, 0.2) is 48.5 Å². The molecule has 24 heavy (non-hydrogen) atoms. The minimum atomic E-state index is 0.0846. The first kappa shape index (κ1) is 18.3. The zero-order chi connectivity index (χ0) is 17.7. The highest BCUT2D eigenvalue weighted by atomic mass is 16.1. The van der Waals surface area contributed by atoms with Crippen molar-refractivity contribution in [3.63, 3.8) is 0 Å². The zero-order valence-corrected chi connectivity index (χ0v) is 15.5. The van der Waals surface area contributed by atoms with E-state index in [0.717, 1.165) is 5.69 Å². The Morgan fingerprint density at radius 2 is 1.38 bits per heavy atom. The molecule has 0 spiro atoms. The molecule has 0 aromatic heterocycles. The van der Waals surface area contributed by atoms with Gasteiger partial charge in [-0.15, -0.1) is 0 Å². The lowest BCUT2D eigenvalue weighted by molar-refractivity contribution is -0.116. The number of anilines is 1. The minimum absolute atomic E-state index is 0.0846. The van der Waals surface area contributed by atoms with Crippen LogP contribution >= 0.6 is 0 Å². The maximum Gasteiger partial charge on any atom is 0.224 e. The molecule has 0 aliphatic heterocycles. The molecule has 2 aromatic carbocycles. The van der Waals surface area contributed by atoms with Crippen molar-refractivity contribution in [1.82, 2.24) is 0 Å². The Bertz CT molecular complexity index is 647. The molecule has 0 radical (unpaired) electrons. The summed E-state index contributed by atoms with van der Waals surface area (Å²) < 4.78 is 0. The SMILES string of the molecule is CC(C)c1cccc(C(C)C)c1NC(=O)C[C@H](C)c1ccccc1. The molecule has 0 unspecified atom stereocenters. The van der Waals surface area contributed by atoms with Crippen LogP contribution in [-0.4, -0.2) is 5.91 Å². The molecule has 0 fully saturated rings. The second kappa shape index (κ2) is 8.14. The number of amides is 1. The molecule has 0 saturated carbocycles. The molecule has 0 aliphatic carbocycles. The standard InChI is InChI=1S/C22H29NO/c1-15(2)19-12-9-13-20(16(3)4)22(19)23-21(24)14-17(5)18-10-7-6-8-11-18/h6-13,15-17H,14H2,1-5H3,(H,23,24)/t17-/m0/s1. The van der Waals surface area contributed by atoms with Gasteiger partial charge in [-0.3, -0.25) is 4.79 Å². The van der Waals surface area contributed by atoms with Gasteiger partial charge < -0.3 is 5.32 Å². The summed E-state index contributed by atoms with van der Waals surface area (Å²) in [4.78, 5) is 12.6. The van der Waals surface area contributed by atoms with E-state index >= 15 is 0 Å². The first-order chi connectivity index (χ1) is 11.4. The van der Waals surface area contributed by atoms with Crippen molar-refractivity contribution in [1.29, 1.82) is 0 Å². The van der Waals surface area contributed by atoms with Crippen LogP contribution in [0.2, 0.25) is 0 Å². The molecule has 0 aliphatic rings. The Balaban J connectivity index is 2.19. The van der Waals surface area contributed by atoms with E-state index in [0.29, 0.717) is 18.3 Å². The molecule has 128 valence electrons. The van der Waals surface area contributed by atoms with Crippen LogP contribution in [0.25, 0.3) is 0 Å². The highest BCUT2D eigenvalue weighted by Gasteiger charge is 2.17. The number of carbonyl (C=O) groups excluding carboxylic acids is 1. The number of rotatable bonds is 6. The fourth-order valence-electron chi connectivity index (χ4n) is 3.06. The molecule has 2 aromatic rings. The van der Waals surface area contributed by atoms with Gasteiger partial charge in [-0.1, -0.05) is 83.1 Å². The summed E-state index contributed by atoms with van der Waals surface area (Å²) in [5.74, 6) is 1.05. The van der Waals surface area contributed by atoms with Gasteiger partial charge in [0.25, 0.3) is 0 Å². The third-order valence-corrected chi connectivity index (χ3v) is 4.50. The monoisotopic (exact) mass is 323 g/mol. The van der Waals surface area contributed by atoms with Crippen LogP contribution in [0.4, 0.5) is 5.69 Å². The van der Waals surface area contributed by atoms with Gasteiger partial charge in [-0.25, -0.2) is 0 Å². The molecule has 2 heteroatoms. The number of benzene rings is 2. The molecule has 2 rings (SSSR count). The van der Waals surface area contributed by atoms with Crippen LogP contribution in [0.1, 0.15) is 75.5 Å². The topological polar surface area (TPSA) is 29.1 Å². The molecular weight excluding hydrogens is 294 g/mol. The fraction of sp³-hybridized carbons (Fsp3) is 0.409. The largest absolute Gasteiger partial charge is 0.326 e. The normalized spacial score (nSPS) is 12.5. The summed E-state index contributed by atoms with van der Waals surface area (Å²) in [6.07, 6.45) is 0.494. The Hall–Kier alpha value is -2.09. The van der Waals surface area contributed by atoms with Crippen molar-refractivity contribution >= 4 is 11.6 Å². The Morgan fingerprint density at radius 1 is 0.833 bits per heavy atom. The van der Waals surface area contributed by atoms with Crippen LogP contribution in [0, 0.1) is 0 Å². The zero-order valence-electron chi connectivity index (χ0n) is 15.5. The van der Waals surface area contributed by atoms with Crippen LogP contribution in [-0.2, 0) is 4.79 Å². The molecule has 1 N–H and O–H groups in total. The van der Waals surface area contributed by atoms with Crippen molar-refractivity contribution in [2.45, 2.75) is 58.8 Å². The maximum absolute atomic E-state index is 12.6. The molecule has 2 nitrogen and oxygen atoms in total. The Morgan fingerprint density at radius 3 is 1.88 bits per heavy atom. The molecule has 0 bridgehead atoms. The summed E-state index contributed by atoms with van der Waals surface area (Å²) in [5.41, 5.74) is 4.63. The fourth-order valence-corrected chi connectivity index (χ4v) is 3.06.